The lowest BCUT2D eigenvalue weighted by Gasteiger charge is -2.50. The summed E-state index contributed by atoms with van der Waals surface area (Å²) in [4.78, 5) is 36.3. The number of fused-ring (bicyclic) bond motifs is 2. The molecule has 1 fully saturated rings. The van der Waals surface area contributed by atoms with Crippen LogP contribution in [-0.4, -0.2) is 64.0 Å². The van der Waals surface area contributed by atoms with Crippen molar-refractivity contribution in [3.63, 3.8) is 0 Å². The first-order chi connectivity index (χ1) is 13.6. The van der Waals surface area contributed by atoms with Crippen molar-refractivity contribution in [2.45, 2.75) is 45.1 Å². The SMILES string of the molecule is CCC(=O)N1CCc2[nH]cnc2C12CCN(c1nccc(N(C)CC)n1)CC2. The van der Waals surface area contributed by atoms with Crippen LogP contribution in [0.2, 0.25) is 0 Å². The number of nitrogens with zero attached hydrogens (tertiary/aromatic N) is 6. The van der Waals surface area contributed by atoms with Gasteiger partial charge in [-0.3, -0.25) is 4.79 Å². The van der Waals surface area contributed by atoms with Gasteiger partial charge < -0.3 is 19.7 Å². The van der Waals surface area contributed by atoms with Gasteiger partial charge in [-0.15, -0.1) is 0 Å². The highest BCUT2D eigenvalue weighted by atomic mass is 16.2. The number of piperidine rings is 1. The lowest BCUT2D eigenvalue weighted by atomic mass is 9.78. The average molecular weight is 384 g/mol. The van der Waals surface area contributed by atoms with Crippen LogP contribution < -0.4 is 9.80 Å². The van der Waals surface area contributed by atoms with Crippen molar-refractivity contribution in [3.8, 4) is 0 Å². The molecule has 4 heterocycles. The molecule has 2 aromatic heterocycles. The Hall–Kier alpha value is -2.64. The van der Waals surface area contributed by atoms with Gasteiger partial charge in [0.05, 0.1) is 17.6 Å². The summed E-state index contributed by atoms with van der Waals surface area (Å²) >= 11 is 0. The third kappa shape index (κ3) is 3.00. The van der Waals surface area contributed by atoms with Crippen LogP contribution in [0.15, 0.2) is 18.6 Å². The largest absolute Gasteiger partial charge is 0.360 e. The molecule has 1 N–H and O–H groups in total. The molecule has 0 aliphatic carbocycles. The molecule has 1 spiro atoms. The number of carbonyl (C=O) groups is 1. The van der Waals surface area contributed by atoms with Crippen LogP contribution in [0.5, 0.6) is 0 Å². The fraction of sp³-hybridized carbons (Fsp3) is 0.600. The van der Waals surface area contributed by atoms with Crippen molar-refractivity contribution in [1.82, 2.24) is 24.8 Å². The molecule has 0 bridgehead atoms. The number of hydrogen-bond acceptors (Lipinski definition) is 6. The molecule has 2 aliphatic rings. The maximum absolute atomic E-state index is 12.7. The Balaban J connectivity index is 1.59. The number of amides is 1. The molecule has 0 unspecified atom stereocenters. The predicted octanol–water partition coefficient (Wildman–Crippen LogP) is 1.95. The summed E-state index contributed by atoms with van der Waals surface area (Å²) in [6.07, 6.45) is 6.65. The molecule has 2 aromatic rings. The molecule has 4 rings (SSSR count). The van der Waals surface area contributed by atoms with E-state index in [9.17, 15) is 4.79 Å². The van der Waals surface area contributed by atoms with Crippen molar-refractivity contribution < 1.29 is 4.79 Å². The van der Waals surface area contributed by atoms with Gasteiger partial charge in [0, 0.05) is 58.0 Å². The van der Waals surface area contributed by atoms with Crippen LogP contribution in [0.4, 0.5) is 11.8 Å². The van der Waals surface area contributed by atoms with E-state index in [0.717, 1.165) is 62.9 Å². The van der Waals surface area contributed by atoms with Crippen molar-refractivity contribution in [2.24, 2.45) is 0 Å². The molecule has 0 aromatic carbocycles. The van der Waals surface area contributed by atoms with Gasteiger partial charge in [0.2, 0.25) is 11.9 Å². The van der Waals surface area contributed by atoms with Crippen LogP contribution in [0, 0.1) is 0 Å². The van der Waals surface area contributed by atoms with Crippen LogP contribution >= 0.6 is 0 Å². The van der Waals surface area contributed by atoms with Gasteiger partial charge in [-0.1, -0.05) is 6.92 Å². The number of hydrogen-bond donors (Lipinski definition) is 1. The van der Waals surface area contributed by atoms with Gasteiger partial charge in [-0.25, -0.2) is 9.97 Å². The van der Waals surface area contributed by atoms with Gasteiger partial charge in [0.25, 0.3) is 0 Å². The highest BCUT2D eigenvalue weighted by Gasteiger charge is 2.48. The van der Waals surface area contributed by atoms with Gasteiger partial charge in [-0.05, 0) is 25.8 Å². The second-order valence-corrected chi connectivity index (χ2v) is 7.63. The quantitative estimate of drug-likeness (QED) is 0.869. The summed E-state index contributed by atoms with van der Waals surface area (Å²) in [7, 11) is 2.03. The minimum Gasteiger partial charge on any atom is -0.360 e. The number of imidazole rings is 1. The fourth-order valence-electron chi connectivity index (χ4n) is 4.48. The highest BCUT2D eigenvalue weighted by molar-refractivity contribution is 5.77. The minimum atomic E-state index is -0.311. The molecule has 8 heteroatoms. The standard InChI is InChI=1S/C20H29N7O/c1-4-17(28)27-11-7-15-18(23-14-22-15)20(27)8-12-26(13-9-20)19-21-10-6-16(24-19)25(3)5-2/h6,10,14H,4-5,7-9,11-13H2,1-3H3,(H,22,23). The average Bonchev–Trinajstić information content (AvgIpc) is 3.24. The van der Waals surface area contributed by atoms with E-state index in [2.05, 4.69) is 36.6 Å². The number of aromatic nitrogens is 4. The summed E-state index contributed by atoms with van der Waals surface area (Å²) < 4.78 is 0. The maximum atomic E-state index is 12.7. The van der Waals surface area contributed by atoms with Crippen LogP contribution in [0.25, 0.3) is 0 Å². The van der Waals surface area contributed by atoms with E-state index < -0.39 is 0 Å². The fourth-order valence-corrected chi connectivity index (χ4v) is 4.48. The van der Waals surface area contributed by atoms with E-state index >= 15 is 0 Å². The lowest BCUT2D eigenvalue weighted by Crippen LogP contribution is -2.58. The van der Waals surface area contributed by atoms with E-state index in [1.807, 2.05) is 26.2 Å². The van der Waals surface area contributed by atoms with Crippen molar-refractivity contribution in [2.75, 3.05) is 43.0 Å². The van der Waals surface area contributed by atoms with Gasteiger partial charge in [-0.2, -0.15) is 4.98 Å². The summed E-state index contributed by atoms with van der Waals surface area (Å²) in [5.41, 5.74) is 1.92. The van der Waals surface area contributed by atoms with E-state index in [1.165, 1.54) is 5.69 Å². The number of anilines is 2. The summed E-state index contributed by atoms with van der Waals surface area (Å²) in [5.74, 6) is 1.91. The topological polar surface area (TPSA) is 81.2 Å². The number of aromatic amines is 1. The Morgan fingerprint density at radius 2 is 2.04 bits per heavy atom. The second kappa shape index (κ2) is 7.41. The minimum absolute atomic E-state index is 0.213. The molecular formula is C20H29N7O. The Labute approximate surface area is 166 Å². The third-order valence-electron chi connectivity index (χ3n) is 6.23. The summed E-state index contributed by atoms with van der Waals surface area (Å²) in [6.45, 7) is 7.31. The van der Waals surface area contributed by atoms with Crippen LogP contribution in [0.3, 0.4) is 0 Å². The molecule has 28 heavy (non-hydrogen) atoms. The second-order valence-electron chi connectivity index (χ2n) is 7.63. The molecule has 0 saturated carbocycles. The molecule has 8 nitrogen and oxygen atoms in total. The molecule has 1 saturated heterocycles. The Morgan fingerprint density at radius 1 is 1.25 bits per heavy atom. The van der Waals surface area contributed by atoms with Crippen molar-refractivity contribution >= 4 is 17.7 Å². The predicted molar refractivity (Wildman–Crippen MR) is 108 cm³/mol. The van der Waals surface area contributed by atoms with E-state index in [-0.39, 0.29) is 11.4 Å². The van der Waals surface area contributed by atoms with E-state index in [4.69, 9.17) is 4.98 Å². The highest BCUT2D eigenvalue weighted by Crippen LogP contribution is 2.43. The van der Waals surface area contributed by atoms with Gasteiger partial charge >= 0.3 is 0 Å². The van der Waals surface area contributed by atoms with Crippen molar-refractivity contribution in [1.29, 1.82) is 0 Å². The molecule has 1 amide bonds. The lowest BCUT2D eigenvalue weighted by molar-refractivity contribution is -0.140. The first-order valence-electron chi connectivity index (χ1n) is 10.2. The monoisotopic (exact) mass is 383 g/mol. The van der Waals surface area contributed by atoms with Crippen LogP contribution in [0.1, 0.15) is 44.5 Å². The zero-order valence-corrected chi connectivity index (χ0v) is 17.0. The Kier molecular flexibility index (Phi) is 4.95. The Morgan fingerprint density at radius 3 is 2.75 bits per heavy atom. The third-order valence-corrected chi connectivity index (χ3v) is 6.23. The smallest absolute Gasteiger partial charge is 0.227 e. The number of nitrogens with one attached hydrogen (secondary N) is 1. The summed E-state index contributed by atoms with van der Waals surface area (Å²) in [5, 5.41) is 0. The number of carbonyl (C=O) groups excluding carboxylic acids is 1. The zero-order chi connectivity index (χ0) is 19.7. The Bertz CT molecular complexity index is 841. The van der Waals surface area contributed by atoms with Crippen molar-refractivity contribution in [3.05, 3.63) is 30.0 Å². The summed E-state index contributed by atoms with van der Waals surface area (Å²) in [6, 6.07) is 1.94. The first-order valence-corrected chi connectivity index (χ1v) is 10.2. The number of H-pyrrole nitrogens is 1. The van der Waals surface area contributed by atoms with E-state index in [1.54, 1.807) is 6.33 Å². The molecular weight excluding hydrogens is 354 g/mol. The maximum Gasteiger partial charge on any atom is 0.227 e. The molecule has 0 atom stereocenters. The van der Waals surface area contributed by atoms with Gasteiger partial charge in [0.15, 0.2) is 0 Å². The van der Waals surface area contributed by atoms with Gasteiger partial charge in [0.1, 0.15) is 5.82 Å². The number of rotatable bonds is 4. The van der Waals surface area contributed by atoms with Crippen LogP contribution in [-0.2, 0) is 16.8 Å². The van der Waals surface area contributed by atoms with E-state index in [0.29, 0.717) is 6.42 Å². The molecule has 0 radical (unpaired) electrons. The zero-order valence-electron chi connectivity index (χ0n) is 17.0. The molecule has 150 valence electrons. The first kappa shape index (κ1) is 18.7. The molecule has 2 aliphatic heterocycles. The normalized spacial score (nSPS) is 18.2.